The van der Waals surface area contributed by atoms with E-state index in [1.165, 1.54) is 13.2 Å². The molecule has 1 amide bonds. The van der Waals surface area contributed by atoms with Crippen LogP contribution in [0.5, 0.6) is 11.8 Å². The molecular formula is C41H48F3N5O5. The van der Waals surface area contributed by atoms with Gasteiger partial charge in [-0.15, -0.1) is 0 Å². The predicted octanol–water partition coefficient (Wildman–Crippen LogP) is 7.82. The highest BCUT2D eigenvalue weighted by Gasteiger charge is 2.50. The number of fused-ring (bicyclic) bond motifs is 5. The van der Waals surface area contributed by atoms with Gasteiger partial charge in [0.05, 0.1) is 17.6 Å². The number of halogens is 3. The minimum absolute atomic E-state index is 0.00123. The quantitative estimate of drug-likeness (QED) is 0.159. The van der Waals surface area contributed by atoms with E-state index in [0.29, 0.717) is 71.3 Å². The number of rotatable bonds is 9. The van der Waals surface area contributed by atoms with Crippen molar-refractivity contribution in [2.45, 2.75) is 95.6 Å². The van der Waals surface area contributed by atoms with Gasteiger partial charge in [-0.1, -0.05) is 19.1 Å². The zero-order chi connectivity index (χ0) is 37.9. The molecule has 4 aromatic rings. The number of alkyl halides is 1. The predicted molar refractivity (Wildman–Crippen MR) is 200 cm³/mol. The number of methoxy groups -OCH3 is 1. The third kappa shape index (κ3) is 6.56. The normalized spacial score (nSPS) is 24.1. The fourth-order valence-corrected chi connectivity index (χ4v) is 9.23. The van der Waals surface area contributed by atoms with Crippen molar-refractivity contribution in [3.05, 3.63) is 53.6 Å². The number of aryl methyl sites for hydroxylation is 1. The summed E-state index contributed by atoms with van der Waals surface area (Å²) in [7, 11) is 1.52. The molecule has 2 bridgehead atoms. The number of nitrogens with zero attached hydrogens (tertiary/aromatic N) is 5. The molecule has 13 heteroatoms. The largest absolute Gasteiger partial charge is 0.468 e. The highest BCUT2D eigenvalue weighted by molar-refractivity contribution is 6.03. The summed E-state index contributed by atoms with van der Waals surface area (Å²) in [6.07, 6.45) is 2.85. The van der Waals surface area contributed by atoms with Crippen LogP contribution in [0.15, 0.2) is 36.4 Å². The first-order valence-electron chi connectivity index (χ1n) is 19.0. The van der Waals surface area contributed by atoms with E-state index in [1.54, 1.807) is 30.3 Å². The number of hydrogen-bond acceptors (Lipinski definition) is 9. The Morgan fingerprint density at radius 2 is 1.78 bits per heavy atom. The van der Waals surface area contributed by atoms with Crippen molar-refractivity contribution in [3.63, 3.8) is 0 Å². The summed E-state index contributed by atoms with van der Waals surface area (Å²) < 4.78 is 70.4. The van der Waals surface area contributed by atoms with E-state index in [4.69, 9.17) is 28.9 Å². The molecule has 4 aliphatic heterocycles. The molecule has 0 saturated carbocycles. The minimum atomic E-state index is -0.935. The summed E-state index contributed by atoms with van der Waals surface area (Å²) in [5.74, 6) is -0.0418. The number of piperazine rings is 1. The number of carbonyl (C=O) groups is 1. The molecule has 4 aliphatic rings. The van der Waals surface area contributed by atoms with Crippen molar-refractivity contribution in [1.29, 1.82) is 0 Å². The molecule has 0 aliphatic carbocycles. The van der Waals surface area contributed by atoms with Crippen LogP contribution in [0.3, 0.4) is 0 Å². The smallest absolute Gasteiger partial charge is 0.410 e. The van der Waals surface area contributed by atoms with Crippen LogP contribution in [0.1, 0.15) is 65.4 Å². The van der Waals surface area contributed by atoms with Crippen LogP contribution < -0.4 is 14.4 Å². The molecular weight excluding hydrogens is 699 g/mol. The Balaban J connectivity index is 1.24. The molecule has 10 nitrogen and oxygen atoms in total. The molecule has 0 N–H and O–H groups in total. The lowest BCUT2D eigenvalue weighted by Crippen LogP contribution is -2.57. The number of aromatic nitrogens is 2. The molecule has 1 aromatic heterocycles. The van der Waals surface area contributed by atoms with E-state index in [-0.39, 0.29) is 54.5 Å². The third-order valence-corrected chi connectivity index (χ3v) is 11.5. The second kappa shape index (κ2) is 14.1. The average molecular weight is 748 g/mol. The van der Waals surface area contributed by atoms with Crippen molar-refractivity contribution in [2.24, 2.45) is 0 Å². The highest BCUT2D eigenvalue weighted by atomic mass is 19.1. The average Bonchev–Trinajstić information content (AvgIpc) is 3.75. The molecule has 0 radical (unpaired) electrons. The van der Waals surface area contributed by atoms with E-state index >= 15 is 8.78 Å². The number of benzene rings is 3. The SMILES string of the molecule is CCc1c(F)ccc2cc(OCOC)cc(-c3ccc4c(N5C[C@H]6CC[C@@H](C5)N6C(=O)OC(C)(C)C)nc(OC[C@@]56CCCN5C[C@H](F)C6)nc4c3F)c12. The standard InChI is InChI=1S/C41H48F3N5O5/c1-6-29-33(43)13-8-24-16-28(53-23-51-5)17-32(34(24)29)30-11-12-31-36(35(30)44)45-38(52-22-41-14-7-15-48(41)19-25(42)18-41)46-37(31)47-20-26-9-10-27(21-47)49(26)39(50)54-40(2,3)4/h8,11-13,16-17,25-27H,6-7,9-10,14-15,18-23H2,1-5H3/t25-,26-,27+,41+/m1/s1. The molecule has 4 atom stereocenters. The van der Waals surface area contributed by atoms with Gasteiger partial charge in [0.15, 0.2) is 12.6 Å². The Morgan fingerprint density at radius 3 is 2.50 bits per heavy atom. The van der Waals surface area contributed by atoms with Crippen molar-refractivity contribution in [1.82, 2.24) is 19.8 Å². The van der Waals surface area contributed by atoms with Crippen molar-refractivity contribution in [3.8, 4) is 22.9 Å². The maximum Gasteiger partial charge on any atom is 0.410 e. The Morgan fingerprint density at radius 1 is 1.00 bits per heavy atom. The number of ether oxygens (including phenoxy) is 4. The van der Waals surface area contributed by atoms with Crippen LogP contribution in [-0.4, -0.2) is 102 Å². The lowest BCUT2D eigenvalue weighted by molar-refractivity contribution is 0.0122. The Labute approximate surface area is 313 Å². The van der Waals surface area contributed by atoms with Crippen molar-refractivity contribution >= 4 is 33.6 Å². The Hall–Kier alpha value is -4.36. The lowest BCUT2D eigenvalue weighted by Gasteiger charge is -2.42. The molecule has 4 fully saturated rings. The molecule has 8 rings (SSSR count). The molecule has 0 unspecified atom stereocenters. The first-order chi connectivity index (χ1) is 25.9. The fraction of sp³-hybridized carbons (Fsp3) is 0.537. The monoisotopic (exact) mass is 747 g/mol. The molecule has 288 valence electrons. The molecule has 4 saturated heterocycles. The Kier molecular flexibility index (Phi) is 9.52. The van der Waals surface area contributed by atoms with Crippen LogP contribution in [-0.2, 0) is 15.9 Å². The summed E-state index contributed by atoms with van der Waals surface area (Å²) >= 11 is 0. The summed E-state index contributed by atoms with van der Waals surface area (Å²) in [4.78, 5) is 29.0. The van der Waals surface area contributed by atoms with Gasteiger partial charge >= 0.3 is 12.1 Å². The van der Waals surface area contributed by atoms with E-state index in [9.17, 15) is 9.18 Å². The summed E-state index contributed by atoms with van der Waals surface area (Å²) in [6.45, 7) is 9.71. The molecule has 54 heavy (non-hydrogen) atoms. The third-order valence-electron chi connectivity index (χ3n) is 11.5. The van der Waals surface area contributed by atoms with Crippen LogP contribution in [0.4, 0.5) is 23.8 Å². The maximum absolute atomic E-state index is 17.4. The van der Waals surface area contributed by atoms with Crippen LogP contribution in [0, 0.1) is 11.6 Å². The van der Waals surface area contributed by atoms with Gasteiger partial charge in [-0.05, 0) is 106 Å². The van der Waals surface area contributed by atoms with Gasteiger partial charge in [0, 0.05) is 44.1 Å². The first kappa shape index (κ1) is 36.6. The van der Waals surface area contributed by atoms with Gasteiger partial charge in [-0.3, -0.25) is 9.80 Å². The number of anilines is 1. The zero-order valence-corrected chi connectivity index (χ0v) is 31.6. The van der Waals surface area contributed by atoms with Gasteiger partial charge in [0.25, 0.3) is 0 Å². The molecule has 5 heterocycles. The second-order valence-corrected chi connectivity index (χ2v) is 16.2. The molecule has 3 aromatic carbocycles. The number of amides is 1. The highest BCUT2D eigenvalue weighted by Crippen LogP contribution is 2.43. The zero-order valence-electron chi connectivity index (χ0n) is 31.6. The van der Waals surface area contributed by atoms with Crippen molar-refractivity contribution < 1.29 is 36.9 Å². The van der Waals surface area contributed by atoms with Gasteiger partial charge in [-0.2, -0.15) is 9.97 Å². The first-order valence-corrected chi connectivity index (χ1v) is 19.0. The number of hydrogen-bond donors (Lipinski definition) is 0. The minimum Gasteiger partial charge on any atom is -0.468 e. The summed E-state index contributed by atoms with van der Waals surface area (Å²) in [5, 5.41) is 1.77. The Bertz CT molecular complexity index is 2080. The second-order valence-electron chi connectivity index (χ2n) is 16.2. The van der Waals surface area contributed by atoms with Crippen LogP contribution >= 0.6 is 0 Å². The fourth-order valence-electron chi connectivity index (χ4n) is 9.23. The van der Waals surface area contributed by atoms with Crippen LogP contribution in [0.25, 0.3) is 32.8 Å². The van der Waals surface area contributed by atoms with E-state index in [0.717, 1.165) is 32.2 Å². The van der Waals surface area contributed by atoms with Crippen LogP contribution in [0.2, 0.25) is 0 Å². The summed E-state index contributed by atoms with van der Waals surface area (Å²) in [6, 6.07) is 9.84. The van der Waals surface area contributed by atoms with E-state index < -0.39 is 23.1 Å². The van der Waals surface area contributed by atoms with Gasteiger partial charge in [0.2, 0.25) is 0 Å². The molecule has 0 spiro atoms. The lowest BCUT2D eigenvalue weighted by atomic mass is 9.92. The van der Waals surface area contributed by atoms with E-state index in [1.807, 2.05) is 32.6 Å². The van der Waals surface area contributed by atoms with Gasteiger partial charge in [-0.25, -0.2) is 18.0 Å². The topological polar surface area (TPSA) is 89.5 Å². The van der Waals surface area contributed by atoms with E-state index in [2.05, 4.69) is 9.80 Å². The summed E-state index contributed by atoms with van der Waals surface area (Å²) in [5.41, 5.74) is 0.112. The van der Waals surface area contributed by atoms with Gasteiger partial charge < -0.3 is 23.8 Å². The maximum atomic E-state index is 17.4. The van der Waals surface area contributed by atoms with Gasteiger partial charge in [0.1, 0.15) is 41.3 Å². The van der Waals surface area contributed by atoms with Crippen molar-refractivity contribution in [2.75, 3.05) is 51.6 Å². The number of carbonyl (C=O) groups excluding carboxylic acids is 1.